The van der Waals surface area contributed by atoms with Gasteiger partial charge in [-0.3, -0.25) is 9.59 Å². The summed E-state index contributed by atoms with van der Waals surface area (Å²) in [4.78, 5) is 28.2. The van der Waals surface area contributed by atoms with E-state index in [1.54, 1.807) is 19.2 Å². The number of nitrogens with zero attached hydrogens (tertiary/aromatic N) is 1. The summed E-state index contributed by atoms with van der Waals surface area (Å²) in [6, 6.07) is 10.5. The molecule has 2 atom stereocenters. The first-order valence-electron chi connectivity index (χ1n) is 11.3. The molecule has 1 fully saturated rings. The van der Waals surface area contributed by atoms with Crippen LogP contribution >= 0.6 is 11.6 Å². The summed E-state index contributed by atoms with van der Waals surface area (Å²) in [5.74, 6) is 1.02. The molecular weight excluding hydrogens is 444 g/mol. The first-order valence-corrected chi connectivity index (χ1v) is 11.7. The van der Waals surface area contributed by atoms with Gasteiger partial charge in [0.15, 0.2) is 11.5 Å². The third kappa shape index (κ3) is 5.03. The van der Waals surface area contributed by atoms with E-state index < -0.39 is 5.92 Å². The SMILES string of the molecule is CCCCN1C(=O)CC(C(=O)Nc2cc3c(cc2Cl)OCCCO3)C1c1ccc(OC)cc1. The highest BCUT2D eigenvalue weighted by Gasteiger charge is 2.44. The number of methoxy groups -OCH3 is 1. The lowest BCUT2D eigenvalue weighted by molar-refractivity contribution is -0.129. The number of carbonyl (C=O) groups excluding carboxylic acids is 2. The normalized spacial score (nSPS) is 19.8. The van der Waals surface area contributed by atoms with E-state index in [9.17, 15) is 9.59 Å². The molecule has 2 aromatic rings. The zero-order valence-electron chi connectivity index (χ0n) is 18.9. The van der Waals surface area contributed by atoms with E-state index in [0.29, 0.717) is 42.0 Å². The summed E-state index contributed by atoms with van der Waals surface area (Å²) in [5, 5.41) is 3.29. The van der Waals surface area contributed by atoms with Crippen LogP contribution in [0.15, 0.2) is 36.4 Å². The molecule has 0 radical (unpaired) electrons. The zero-order valence-corrected chi connectivity index (χ0v) is 19.7. The molecule has 0 spiro atoms. The van der Waals surface area contributed by atoms with Crippen LogP contribution < -0.4 is 19.5 Å². The van der Waals surface area contributed by atoms with E-state index in [0.717, 1.165) is 30.6 Å². The fourth-order valence-electron chi connectivity index (χ4n) is 4.34. The van der Waals surface area contributed by atoms with Gasteiger partial charge < -0.3 is 24.4 Å². The van der Waals surface area contributed by atoms with E-state index >= 15 is 0 Å². The molecule has 0 aliphatic carbocycles. The van der Waals surface area contributed by atoms with Gasteiger partial charge in [-0.05, 0) is 24.1 Å². The first-order chi connectivity index (χ1) is 16.0. The number of unbranched alkanes of at least 4 members (excludes halogenated alkanes) is 1. The number of amides is 2. The molecule has 1 N–H and O–H groups in total. The van der Waals surface area contributed by atoms with Gasteiger partial charge in [0.05, 0.1) is 43.0 Å². The van der Waals surface area contributed by atoms with E-state index in [2.05, 4.69) is 12.2 Å². The second kappa shape index (κ2) is 10.3. The number of ether oxygens (including phenoxy) is 3. The number of anilines is 1. The van der Waals surface area contributed by atoms with Crippen molar-refractivity contribution in [2.75, 3.05) is 32.2 Å². The molecule has 0 bridgehead atoms. The van der Waals surface area contributed by atoms with Gasteiger partial charge in [0.25, 0.3) is 0 Å². The third-order valence-corrected chi connectivity index (χ3v) is 6.39. The van der Waals surface area contributed by atoms with Crippen molar-refractivity contribution in [3.8, 4) is 17.2 Å². The highest BCUT2D eigenvalue weighted by Crippen LogP contribution is 2.41. The number of hydrogen-bond acceptors (Lipinski definition) is 5. The van der Waals surface area contributed by atoms with Gasteiger partial charge in [-0.25, -0.2) is 0 Å². The van der Waals surface area contributed by atoms with Gasteiger partial charge in [-0.2, -0.15) is 0 Å². The molecule has 2 heterocycles. The fourth-order valence-corrected chi connectivity index (χ4v) is 4.54. The topological polar surface area (TPSA) is 77.1 Å². The molecule has 4 rings (SSSR count). The number of likely N-dealkylation sites (tertiary alicyclic amines) is 1. The first kappa shape index (κ1) is 23.2. The number of rotatable bonds is 7. The number of benzene rings is 2. The zero-order chi connectivity index (χ0) is 23.4. The number of fused-ring (bicyclic) bond motifs is 1. The molecule has 2 unspecified atom stereocenters. The molecular formula is C25H29ClN2O5. The monoisotopic (exact) mass is 472 g/mol. The van der Waals surface area contributed by atoms with Crippen molar-refractivity contribution in [2.45, 2.75) is 38.6 Å². The Bertz CT molecular complexity index is 1010. The number of carbonyl (C=O) groups is 2. The van der Waals surface area contributed by atoms with E-state index in [-0.39, 0.29) is 24.3 Å². The molecule has 176 valence electrons. The lowest BCUT2D eigenvalue weighted by Crippen LogP contribution is -2.33. The van der Waals surface area contributed by atoms with E-state index in [1.165, 1.54) is 0 Å². The Morgan fingerprint density at radius 2 is 1.88 bits per heavy atom. The van der Waals surface area contributed by atoms with Crippen molar-refractivity contribution < 1.29 is 23.8 Å². The maximum atomic E-state index is 13.4. The van der Waals surface area contributed by atoms with Crippen molar-refractivity contribution in [2.24, 2.45) is 5.92 Å². The van der Waals surface area contributed by atoms with Crippen LogP contribution in [-0.2, 0) is 9.59 Å². The Morgan fingerprint density at radius 1 is 1.18 bits per heavy atom. The van der Waals surface area contributed by atoms with Gasteiger partial charge in [-0.15, -0.1) is 0 Å². The van der Waals surface area contributed by atoms with Crippen molar-refractivity contribution in [3.63, 3.8) is 0 Å². The highest BCUT2D eigenvalue weighted by molar-refractivity contribution is 6.34. The molecule has 2 aliphatic rings. The minimum Gasteiger partial charge on any atom is -0.497 e. The van der Waals surface area contributed by atoms with Crippen LogP contribution in [-0.4, -0.2) is 43.6 Å². The Hall–Kier alpha value is -2.93. The molecule has 0 aromatic heterocycles. The lowest BCUT2D eigenvalue weighted by atomic mass is 9.92. The van der Waals surface area contributed by atoms with Crippen LogP contribution in [0.25, 0.3) is 0 Å². The molecule has 2 aromatic carbocycles. The van der Waals surface area contributed by atoms with E-state index in [4.69, 9.17) is 25.8 Å². The minimum atomic E-state index is -0.546. The van der Waals surface area contributed by atoms with Crippen LogP contribution in [0.4, 0.5) is 5.69 Å². The summed E-state index contributed by atoms with van der Waals surface area (Å²) in [7, 11) is 1.61. The average molecular weight is 473 g/mol. The molecule has 1 saturated heterocycles. The quantitative estimate of drug-likeness (QED) is 0.624. The van der Waals surface area contributed by atoms with Crippen molar-refractivity contribution in [3.05, 3.63) is 47.0 Å². The second-order valence-electron chi connectivity index (χ2n) is 8.29. The number of halogens is 1. The van der Waals surface area contributed by atoms with E-state index in [1.807, 2.05) is 29.2 Å². The Kier molecular flexibility index (Phi) is 7.28. The largest absolute Gasteiger partial charge is 0.497 e. The smallest absolute Gasteiger partial charge is 0.230 e. The third-order valence-electron chi connectivity index (χ3n) is 6.07. The summed E-state index contributed by atoms with van der Waals surface area (Å²) in [6.45, 7) is 3.78. The summed E-state index contributed by atoms with van der Waals surface area (Å²) in [6.07, 6.45) is 2.76. The molecule has 2 aliphatic heterocycles. The van der Waals surface area contributed by atoms with Crippen molar-refractivity contribution in [1.82, 2.24) is 4.90 Å². The Balaban J connectivity index is 1.60. The molecule has 33 heavy (non-hydrogen) atoms. The Labute approximate surface area is 198 Å². The van der Waals surface area contributed by atoms with Crippen LogP contribution in [0, 0.1) is 5.92 Å². The van der Waals surface area contributed by atoms with Gasteiger partial charge in [0.2, 0.25) is 11.8 Å². The minimum absolute atomic E-state index is 0.0193. The van der Waals surface area contributed by atoms with Gasteiger partial charge >= 0.3 is 0 Å². The Morgan fingerprint density at radius 3 is 2.55 bits per heavy atom. The maximum absolute atomic E-state index is 13.4. The summed E-state index contributed by atoms with van der Waals surface area (Å²) in [5.41, 5.74) is 1.35. The van der Waals surface area contributed by atoms with Crippen LogP contribution in [0.1, 0.15) is 44.2 Å². The van der Waals surface area contributed by atoms with Gasteiger partial charge in [-0.1, -0.05) is 37.1 Å². The van der Waals surface area contributed by atoms with Gasteiger partial charge in [0.1, 0.15) is 5.75 Å². The molecule has 7 nitrogen and oxygen atoms in total. The predicted octanol–water partition coefficient (Wildman–Crippen LogP) is 4.84. The van der Waals surface area contributed by atoms with Crippen molar-refractivity contribution in [1.29, 1.82) is 0 Å². The number of nitrogens with one attached hydrogen (secondary N) is 1. The highest BCUT2D eigenvalue weighted by atomic mass is 35.5. The van der Waals surface area contributed by atoms with Crippen LogP contribution in [0.3, 0.4) is 0 Å². The standard InChI is InChI=1S/C25H29ClN2O5/c1-3-4-10-28-23(29)13-18(24(28)16-6-8-17(31-2)9-7-16)25(30)27-20-15-22-21(14-19(20)26)32-11-5-12-33-22/h6-9,14-15,18,24H,3-5,10-13H2,1-2H3,(H,27,30). The second-order valence-corrected chi connectivity index (χ2v) is 8.70. The summed E-state index contributed by atoms with van der Waals surface area (Å²) >= 11 is 6.44. The molecule has 2 amide bonds. The molecule has 8 heteroatoms. The van der Waals surface area contributed by atoms with Crippen molar-refractivity contribution >= 4 is 29.1 Å². The number of hydrogen-bond donors (Lipinski definition) is 1. The van der Waals surface area contributed by atoms with Gasteiger partial charge in [0, 0.05) is 31.5 Å². The lowest BCUT2D eigenvalue weighted by Gasteiger charge is -2.28. The predicted molar refractivity (Wildman–Crippen MR) is 126 cm³/mol. The molecule has 0 saturated carbocycles. The average Bonchev–Trinajstić information content (AvgIpc) is 2.98. The van der Waals surface area contributed by atoms with Crippen LogP contribution in [0.5, 0.6) is 17.2 Å². The fraction of sp³-hybridized carbons (Fsp3) is 0.440. The van der Waals surface area contributed by atoms with Crippen LogP contribution in [0.2, 0.25) is 5.02 Å². The maximum Gasteiger partial charge on any atom is 0.230 e. The summed E-state index contributed by atoms with van der Waals surface area (Å²) < 4.78 is 16.7.